The Hall–Kier alpha value is -1.46. The van der Waals surface area contributed by atoms with Gasteiger partial charge in [-0.15, -0.1) is 0 Å². The molecule has 0 aromatic carbocycles. The molecule has 0 unspecified atom stereocenters. The first-order valence-corrected chi connectivity index (χ1v) is 6.09. The smallest absolute Gasteiger partial charge is 0.236 e. The van der Waals surface area contributed by atoms with Gasteiger partial charge in [-0.05, 0) is 32.8 Å². The van der Waals surface area contributed by atoms with Crippen molar-refractivity contribution in [2.45, 2.75) is 6.54 Å². The second-order valence-electron chi connectivity index (χ2n) is 4.51. The minimum atomic E-state index is 0.114. The third-order valence-electron chi connectivity index (χ3n) is 2.59. The van der Waals surface area contributed by atoms with E-state index in [0.717, 1.165) is 18.7 Å². The maximum atomic E-state index is 12.0. The van der Waals surface area contributed by atoms with Crippen LogP contribution >= 0.6 is 0 Å². The lowest BCUT2D eigenvalue weighted by Crippen LogP contribution is -2.40. The molecule has 0 bridgehead atoms. The fourth-order valence-corrected chi connectivity index (χ4v) is 1.59. The van der Waals surface area contributed by atoms with E-state index in [9.17, 15) is 4.79 Å². The predicted octanol–water partition coefficient (Wildman–Crippen LogP) is 0.191. The summed E-state index contributed by atoms with van der Waals surface area (Å²) in [7, 11) is 5.79. The maximum Gasteiger partial charge on any atom is 0.236 e. The van der Waals surface area contributed by atoms with Gasteiger partial charge in [0.25, 0.3) is 0 Å². The van der Waals surface area contributed by atoms with Crippen LogP contribution in [0.5, 0.6) is 0 Å². The monoisotopic (exact) mass is 250 g/mol. The molecular weight excluding hydrogens is 228 g/mol. The second-order valence-corrected chi connectivity index (χ2v) is 4.51. The fourth-order valence-electron chi connectivity index (χ4n) is 1.59. The molecule has 0 saturated carbocycles. The quantitative estimate of drug-likeness (QED) is 0.750. The lowest BCUT2D eigenvalue weighted by atomic mass is 10.2. The zero-order valence-corrected chi connectivity index (χ0v) is 11.4. The van der Waals surface area contributed by atoms with Crippen molar-refractivity contribution in [3.63, 3.8) is 0 Å². The topological polar surface area (TPSA) is 48.5 Å². The number of likely N-dealkylation sites (N-methyl/N-ethyl adjacent to an activating group) is 2. The minimum Gasteiger partial charge on any atom is -0.336 e. The lowest BCUT2D eigenvalue weighted by molar-refractivity contribution is -0.130. The van der Waals surface area contributed by atoms with Crippen LogP contribution in [0.25, 0.3) is 0 Å². The van der Waals surface area contributed by atoms with E-state index in [1.165, 1.54) is 0 Å². The Bertz CT molecular complexity index is 353. The molecule has 1 N–H and O–H groups in total. The van der Waals surface area contributed by atoms with E-state index in [1.54, 1.807) is 19.4 Å². The van der Waals surface area contributed by atoms with Gasteiger partial charge in [0.15, 0.2) is 0 Å². The molecule has 1 aromatic rings. The molecule has 0 spiro atoms. The summed E-state index contributed by atoms with van der Waals surface area (Å²) in [6.45, 7) is 2.56. The van der Waals surface area contributed by atoms with Crippen LogP contribution in [0.3, 0.4) is 0 Å². The number of aromatic nitrogens is 1. The largest absolute Gasteiger partial charge is 0.336 e. The zero-order valence-electron chi connectivity index (χ0n) is 11.4. The lowest BCUT2D eigenvalue weighted by Gasteiger charge is -2.24. The molecule has 0 aliphatic rings. The summed E-state index contributed by atoms with van der Waals surface area (Å²) in [5.41, 5.74) is 1.06. The maximum absolute atomic E-state index is 12.0. The first-order valence-electron chi connectivity index (χ1n) is 6.09. The Balaban J connectivity index is 2.62. The molecule has 0 radical (unpaired) electrons. The average Bonchev–Trinajstić information content (AvgIpc) is 2.35. The number of pyridine rings is 1. The molecule has 0 saturated heterocycles. The van der Waals surface area contributed by atoms with Gasteiger partial charge in [-0.25, -0.2) is 0 Å². The highest BCUT2D eigenvalue weighted by Gasteiger charge is 2.13. The van der Waals surface area contributed by atoms with E-state index in [-0.39, 0.29) is 5.91 Å². The van der Waals surface area contributed by atoms with Gasteiger partial charge < -0.3 is 15.1 Å². The molecule has 1 heterocycles. The first-order chi connectivity index (χ1) is 8.63. The van der Waals surface area contributed by atoms with E-state index in [0.29, 0.717) is 13.1 Å². The van der Waals surface area contributed by atoms with Crippen molar-refractivity contribution in [3.05, 3.63) is 30.1 Å². The van der Waals surface area contributed by atoms with Gasteiger partial charge in [0.2, 0.25) is 5.91 Å². The predicted molar refractivity (Wildman–Crippen MR) is 72.1 cm³/mol. The molecule has 0 aliphatic carbocycles. The van der Waals surface area contributed by atoms with Crippen molar-refractivity contribution >= 4 is 5.91 Å². The molecule has 0 fully saturated rings. The van der Waals surface area contributed by atoms with Gasteiger partial charge in [-0.1, -0.05) is 6.07 Å². The van der Waals surface area contributed by atoms with Crippen molar-refractivity contribution in [1.29, 1.82) is 0 Å². The number of carbonyl (C=O) groups excluding carboxylic acids is 1. The summed E-state index contributed by atoms with van der Waals surface area (Å²) < 4.78 is 0. The molecule has 1 amide bonds. The normalized spacial score (nSPS) is 10.7. The highest BCUT2D eigenvalue weighted by molar-refractivity contribution is 5.78. The third-order valence-corrected chi connectivity index (χ3v) is 2.59. The molecule has 100 valence electrons. The molecule has 0 aliphatic heterocycles. The van der Waals surface area contributed by atoms with Crippen molar-refractivity contribution in [1.82, 2.24) is 20.1 Å². The Labute approximate surface area is 109 Å². The second kappa shape index (κ2) is 7.79. The number of carbonyl (C=O) groups is 1. The minimum absolute atomic E-state index is 0.114. The van der Waals surface area contributed by atoms with Crippen molar-refractivity contribution in [2.75, 3.05) is 40.8 Å². The molecule has 0 atom stereocenters. The first kappa shape index (κ1) is 14.6. The van der Waals surface area contributed by atoms with Gasteiger partial charge >= 0.3 is 0 Å². The fraction of sp³-hybridized carbons (Fsp3) is 0.538. The third kappa shape index (κ3) is 5.25. The van der Waals surface area contributed by atoms with Gasteiger partial charge in [-0.3, -0.25) is 9.78 Å². The van der Waals surface area contributed by atoms with E-state index >= 15 is 0 Å². The Morgan fingerprint density at radius 2 is 2.17 bits per heavy atom. The highest BCUT2D eigenvalue weighted by Crippen LogP contribution is 2.03. The number of rotatable bonds is 7. The number of nitrogens with one attached hydrogen (secondary N) is 1. The van der Waals surface area contributed by atoms with E-state index in [2.05, 4.69) is 15.2 Å². The van der Waals surface area contributed by atoms with Crippen molar-refractivity contribution in [2.24, 2.45) is 0 Å². The van der Waals surface area contributed by atoms with Crippen LogP contribution in [-0.4, -0.2) is 61.5 Å². The summed E-state index contributed by atoms with van der Waals surface area (Å²) in [5.74, 6) is 0.114. The van der Waals surface area contributed by atoms with E-state index < -0.39 is 0 Å². The Kier molecular flexibility index (Phi) is 6.32. The van der Waals surface area contributed by atoms with Crippen molar-refractivity contribution in [3.8, 4) is 0 Å². The van der Waals surface area contributed by atoms with Gasteiger partial charge in [-0.2, -0.15) is 0 Å². The molecule has 5 heteroatoms. The number of hydrogen-bond acceptors (Lipinski definition) is 4. The Morgan fingerprint density at radius 1 is 1.39 bits per heavy atom. The average molecular weight is 250 g/mol. The van der Waals surface area contributed by atoms with E-state index in [4.69, 9.17) is 0 Å². The SMILES string of the molecule is CNCC(=O)N(CCN(C)C)Cc1cccnc1. The summed E-state index contributed by atoms with van der Waals surface area (Å²) in [6, 6.07) is 3.88. The van der Waals surface area contributed by atoms with Crippen LogP contribution in [0.15, 0.2) is 24.5 Å². The van der Waals surface area contributed by atoms with Gasteiger partial charge in [0.05, 0.1) is 6.54 Å². The molecule has 18 heavy (non-hydrogen) atoms. The van der Waals surface area contributed by atoms with Crippen LogP contribution in [0.4, 0.5) is 0 Å². The molecule has 1 aromatic heterocycles. The van der Waals surface area contributed by atoms with Gasteiger partial charge in [0, 0.05) is 32.0 Å². The standard InChI is InChI=1S/C13H22N4O/c1-14-10-13(18)17(8-7-16(2)3)11-12-5-4-6-15-9-12/h4-6,9,14H,7-8,10-11H2,1-3H3. The van der Waals surface area contributed by atoms with Crippen LogP contribution < -0.4 is 5.32 Å². The van der Waals surface area contributed by atoms with Crippen LogP contribution in [-0.2, 0) is 11.3 Å². The summed E-state index contributed by atoms with van der Waals surface area (Å²) in [5, 5.41) is 2.90. The molecule has 1 rings (SSSR count). The van der Waals surface area contributed by atoms with Crippen LogP contribution in [0, 0.1) is 0 Å². The van der Waals surface area contributed by atoms with Crippen molar-refractivity contribution < 1.29 is 4.79 Å². The number of hydrogen-bond donors (Lipinski definition) is 1. The number of nitrogens with zero attached hydrogens (tertiary/aromatic N) is 3. The summed E-state index contributed by atoms with van der Waals surface area (Å²) in [6.07, 6.45) is 3.54. The van der Waals surface area contributed by atoms with E-state index in [1.807, 2.05) is 31.1 Å². The van der Waals surface area contributed by atoms with Gasteiger partial charge in [0.1, 0.15) is 0 Å². The number of amides is 1. The van der Waals surface area contributed by atoms with Crippen LogP contribution in [0.2, 0.25) is 0 Å². The summed E-state index contributed by atoms with van der Waals surface area (Å²) in [4.78, 5) is 20.0. The summed E-state index contributed by atoms with van der Waals surface area (Å²) >= 11 is 0. The molecular formula is C13H22N4O. The Morgan fingerprint density at radius 3 is 2.72 bits per heavy atom. The highest BCUT2D eigenvalue weighted by atomic mass is 16.2. The molecule has 5 nitrogen and oxygen atoms in total. The van der Waals surface area contributed by atoms with Crippen LogP contribution in [0.1, 0.15) is 5.56 Å². The zero-order chi connectivity index (χ0) is 13.4.